The lowest BCUT2D eigenvalue weighted by molar-refractivity contribution is -0.137. The fourth-order valence-electron chi connectivity index (χ4n) is 2.24. The van der Waals surface area contributed by atoms with Gasteiger partial charge >= 0.3 is 6.18 Å². The minimum absolute atomic E-state index is 0.0524. The molecule has 1 amide bonds. The fourth-order valence-corrected chi connectivity index (χ4v) is 2.24. The highest BCUT2D eigenvalue weighted by Gasteiger charge is 2.33. The van der Waals surface area contributed by atoms with E-state index in [9.17, 15) is 18.0 Å². The molecule has 0 spiro atoms. The van der Waals surface area contributed by atoms with Crippen LogP contribution in [0.2, 0.25) is 0 Å². The molecule has 0 atom stereocenters. The summed E-state index contributed by atoms with van der Waals surface area (Å²) in [5.41, 5.74) is -1.25. The number of hydrogen-bond acceptors (Lipinski definition) is 3. The molecule has 1 aromatic carbocycles. The van der Waals surface area contributed by atoms with Gasteiger partial charge in [-0.15, -0.1) is 0 Å². The van der Waals surface area contributed by atoms with E-state index < -0.39 is 17.3 Å². The maximum atomic E-state index is 12.8. The summed E-state index contributed by atoms with van der Waals surface area (Å²) in [7, 11) is 0. The molecule has 1 N–H and O–H groups in total. The Morgan fingerprint density at radius 3 is 2.57 bits per heavy atom. The van der Waals surface area contributed by atoms with E-state index >= 15 is 0 Å². The van der Waals surface area contributed by atoms with Crippen molar-refractivity contribution in [2.45, 2.75) is 19.0 Å². The molecule has 0 aromatic heterocycles. The first kappa shape index (κ1) is 15.2. The Balaban J connectivity index is 2.07. The molecule has 1 aliphatic rings. The van der Waals surface area contributed by atoms with Crippen molar-refractivity contribution in [2.24, 2.45) is 0 Å². The highest BCUT2D eigenvalue weighted by molar-refractivity contribution is 5.81. The van der Waals surface area contributed by atoms with Gasteiger partial charge in [-0.25, -0.2) is 0 Å². The van der Waals surface area contributed by atoms with Crippen LogP contribution >= 0.6 is 0 Å². The van der Waals surface area contributed by atoms with Crippen LogP contribution in [0.5, 0.6) is 0 Å². The van der Waals surface area contributed by atoms with Crippen LogP contribution in [0.1, 0.15) is 24.0 Å². The van der Waals surface area contributed by atoms with Crippen LogP contribution in [0.25, 0.3) is 0 Å². The van der Waals surface area contributed by atoms with Gasteiger partial charge in [-0.1, -0.05) is 0 Å². The number of halogens is 3. The number of nitriles is 1. The summed E-state index contributed by atoms with van der Waals surface area (Å²) in [6, 6.07) is 4.84. The second-order valence-electron chi connectivity index (χ2n) is 4.81. The Kier molecular flexibility index (Phi) is 4.36. The second kappa shape index (κ2) is 6.04. The smallest absolute Gasteiger partial charge is 0.376 e. The maximum Gasteiger partial charge on any atom is 0.417 e. The Morgan fingerprint density at radius 1 is 1.33 bits per heavy atom. The zero-order chi connectivity index (χ0) is 15.5. The molecule has 7 heteroatoms. The number of carbonyl (C=O) groups excluding carboxylic acids is 1. The molecule has 21 heavy (non-hydrogen) atoms. The van der Waals surface area contributed by atoms with E-state index in [1.807, 2.05) is 0 Å². The number of nitrogens with zero attached hydrogens (tertiary/aromatic N) is 2. The maximum absolute atomic E-state index is 12.8. The number of carbonyl (C=O) groups is 1. The summed E-state index contributed by atoms with van der Waals surface area (Å²) in [5.74, 6) is -0.134. The number of anilines is 1. The van der Waals surface area contributed by atoms with Crippen molar-refractivity contribution < 1.29 is 18.0 Å². The monoisotopic (exact) mass is 297 g/mol. The molecule has 1 aromatic rings. The number of amides is 1. The van der Waals surface area contributed by atoms with Crippen LogP contribution in [0.4, 0.5) is 18.9 Å². The van der Waals surface area contributed by atoms with Gasteiger partial charge in [-0.2, -0.15) is 18.4 Å². The van der Waals surface area contributed by atoms with Crippen molar-refractivity contribution in [3.8, 4) is 6.07 Å². The van der Waals surface area contributed by atoms with E-state index in [0.29, 0.717) is 13.1 Å². The van der Waals surface area contributed by atoms with Gasteiger partial charge in [0.1, 0.15) is 0 Å². The number of alkyl halides is 3. The van der Waals surface area contributed by atoms with Gasteiger partial charge in [0.2, 0.25) is 5.91 Å². The molecular formula is C14H14F3N3O. The third-order valence-electron chi connectivity index (χ3n) is 3.35. The molecule has 1 saturated heterocycles. The van der Waals surface area contributed by atoms with Gasteiger partial charge < -0.3 is 10.2 Å². The van der Waals surface area contributed by atoms with Crippen LogP contribution in [-0.4, -0.2) is 30.4 Å². The predicted molar refractivity (Wildman–Crippen MR) is 70.5 cm³/mol. The van der Waals surface area contributed by atoms with Gasteiger partial charge in [0, 0.05) is 18.8 Å². The van der Waals surface area contributed by atoms with Gasteiger partial charge in [-0.05, 0) is 31.0 Å². The molecule has 112 valence electrons. The summed E-state index contributed by atoms with van der Waals surface area (Å²) in [6.07, 6.45) is -2.68. The Hall–Kier alpha value is -2.23. The molecule has 2 rings (SSSR count). The zero-order valence-corrected chi connectivity index (χ0v) is 11.2. The summed E-state index contributed by atoms with van der Waals surface area (Å²) >= 11 is 0. The highest BCUT2D eigenvalue weighted by Crippen LogP contribution is 2.33. The van der Waals surface area contributed by atoms with Crippen molar-refractivity contribution in [1.29, 1.82) is 5.26 Å². The van der Waals surface area contributed by atoms with E-state index in [1.54, 1.807) is 4.90 Å². The van der Waals surface area contributed by atoms with Crippen LogP contribution in [0, 0.1) is 11.3 Å². The van der Waals surface area contributed by atoms with E-state index in [1.165, 1.54) is 12.1 Å². The average molecular weight is 297 g/mol. The Labute approximate surface area is 120 Å². The minimum atomic E-state index is -4.60. The lowest BCUT2D eigenvalue weighted by atomic mass is 10.1. The van der Waals surface area contributed by atoms with Crippen LogP contribution in [0.3, 0.4) is 0 Å². The molecule has 0 radical (unpaired) electrons. The van der Waals surface area contributed by atoms with E-state index in [4.69, 9.17) is 5.26 Å². The number of rotatable bonds is 3. The number of likely N-dealkylation sites (tertiary alicyclic amines) is 1. The third kappa shape index (κ3) is 3.66. The molecule has 1 fully saturated rings. The first-order chi connectivity index (χ1) is 9.91. The number of benzene rings is 1. The topological polar surface area (TPSA) is 56.1 Å². The summed E-state index contributed by atoms with van der Waals surface area (Å²) in [4.78, 5) is 13.5. The van der Waals surface area contributed by atoms with E-state index in [0.717, 1.165) is 25.0 Å². The van der Waals surface area contributed by atoms with Crippen molar-refractivity contribution in [3.05, 3.63) is 29.3 Å². The van der Waals surface area contributed by atoms with Crippen LogP contribution < -0.4 is 5.32 Å². The largest absolute Gasteiger partial charge is 0.417 e. The van der Waals surface area contributed by atoms with Crippen LogP contribution in [0.15, 0.2) is 18.2 Å². The van der Waals surface area contributed by atoms with Crippen molar-refractivity contribution in [2.75, 3.05) is 25.0 Å². The average Bonchev–Trinajstić information content (AvgIpc) is 2.97. The Bertz CT molecular complexity index is 572. The highest BCUT2D eigenvalue weighted by atomic mass is 19.4. The summed E-state index contributed by atoms with van der Waals surface area (Å²) < 4.78 is 38.4. The molecule has 0 saturated carbocycles. The molecule has 0 aliphatic carbocycles. The summed E-state index contributed by atoms with van der Waals surface area (Å²) in [5, 5.41) is 11.4. The normalized spacial score (nSPS) is 14.9. The van der Waals surface area contributed by atoms with Crippen LogP contribution in [-0.2, 0) is 11.0 Å². The number of hydrogen-bond donors (Lipinski definition) is 1. The van der Waals surface area contributed by atoms with Gasteiger partial charge in [0.25, 0.3) is 0 Å². The predicted octanol–water partition coefficient (Wildman–Crippen LogP) is 2.61. The van der Waals surface area contributed by atoms with Gasteiger partial charge in [0.15, 0.2) is 0 Å². The molecule has 0 unspecified atom stereocenters. The molecule has 4 nitrogen and oxygen atoms in total. The lowest BCUT2D eigenvalue weighted by Gasteiger charge is -2.16. The fraction of sp³-hybridized carbons (Fsp3) is 0.429. The molecule has 0 bridgehead atoms. The third-order valence-corrected chi connectivity index (χ3v) is 3.35. The van der Waals surface area contributed by atoms with Crippen molar-refractivity contribution >= 4 is 11.6 Å². The molecular weight excluding hydrogens is 283 g/mol. The van der Waals surface area contributed by atoms with Crippen molar-refractivity contribution in [1.82, 2.24) is 4.90 Å². The van der Waals surface area contributed by atoms with Gasteiger partial charge in [-0.3, -0.25) is 4.79 Å². The first-order valence-corrected chi connectivity index (χ1v) is 6.55. The van der Waals surface area contributed by atoms with Crippen molar-refractivity contribution in [3.63, 3.8) is 0 Å². The molecule has 1 heterocycles. The minimum Gasteiger partial charge on any atom is -0.376 e. The standard InChI is InChI=1S/C14H14F3N3O/c15-14(16,17)12-7-11(4-3-10(12)8-18)19-9-13(21)20-5-1-2-6-20/h3-4,7,19H,1-2,5-6,9H2. The van der Waals surface area contributed by atoms with E-state index in [2.05, 4.69) is 5.32 Å². The summed E-state index contributed by atoms with van der Waals surface area (Å²) in [6.45, 7) is 1.34. The first-order valence-electron chi connectivity index (χ1n) is 6.55. The Morgan fingerprint density at radius 2 is 2.00 bits per heavy atom. The zero-order valence-electron chi connectivity index (χ0n) is 11.2. The quantitative estimate of drug-likeness (QED) is 0.933. The number of nitrogens with one attached hydrogen (secondary N) is 1. The lowest BCUT2D eigenvalue weighted by Crippen LogP contribution is -2.33. The van der Waals surface area contributed by atoms with Gasteiger partial charge in [0.05, 0.1) is 23.7 Å². The SMILES string of the molecule is N#Cc1ccc(NCC(=O)N2CCCC2)cc1C(F)(F)F. The molecule has 1 aliphatic heterocycles. The van der Waals surface area contributed by atoms with E-state index in [-0.39, 0.29) is 18.1 Å². The second-order valence-corrected chi connectivity index (χ2v) is 4.81.